The average Bonchev–Trinajstić information content (AvgIpc) is 3.36. The number of carbonyl (C=O) groups excluding carboxylic acids is 1. The second-order valence-corrected chi connectivity index (χ2v) is 7.40. The van der Waals surface area contributed by atoms with E-state index in [1.165, 1.54) is 17.2 Å². The number of fused-ring (bicyclic) bond motifs is 2. The van der Waals surface area contributed by atoms with Crippen molar-refractivity contribution in [3.8, 4) is 11.5 Å². The topological polar surface area (TPSA) is 64.2 Å². The van der Waals surface area contributed by atoms with E-state index >= 15 is 0 Å². The molecule has 0 spiro atoms. The molecule has 0 saturated heterocycles. The van der Waals surface area contributed by atoms with E-state index in [4.69, 9.17) is 4.42 Å². The molecule has 6 nitrogen and oxygen atoms in total. The van der Waals surface area contributed by atoms with Crippen LogP contribution in [0.25, 0.3) is 22.5 Å². The molecular weight excluding hydrogens is 390 g/mol. The van der Waals surface area contributed by atoms with Crippen molar-refractivity contribution in [3.63, 3.8) is 0 Å². The van der Waals surface area contributed by atoms with Crippen molar-refractivity contribution in [2.45, 2.75) is 19.8 Å². The van der Waals surface area contributed by atoms with Gasteiger partial charge in [0, 0.05) is 19.7 Å². The zero-order chi connectivity index (χ0) is 21.0. The third kappa shape index (κ3) is 2.79. The van der Waals surface area contributed by atoms with Crippen molar-refractivity contribution in [2.24, 2.45) is 7.05 Å². The number of pyridine rings is 1. The van der Waals surface area contributed by atoms with Crippen LogP contribution in [0, 0.1) is 18.6 Å². The Kier molecular flexibility index (Phi) is 4.16. The standard InChI is InChI=1S/C22H18F2N4O2/c1-12-20-14(10-17(19-6-4-8-30-19)25-21(20)27(2)26-12)22(29)28-7-3-5-13-9-15(23)16(24)11-18(13)28/h4,6,8-11H,3,5,7H2,1-2H3. The molecule has 1 aliphatic rings. The first-order valence-electron chi connectivity index (χ1n) is 9.62. The fourth-order valence-corrected chi connectivity index (χ4v) is 4.10. The maximum Gasteiger partial charge on any atom is 0.259 e. The van der Waals surface area contributed by atoms with Crippen LogP contribution in [0.4, 0.5) is 14.5 Å². The van der Waals surface area contributed by atoms with Crippen LogP contribution in [-0.4, -0.2) is 27.2 Å². The van der Waals surface area contributed by atoms with E-state index < -0.39 is 11.6 Å². The molecule has 3 aromatic heterocycles. The Labute approximate surface area is 170 Å². The van der Waals surface area contributed by atoms with E-state index in [1.54, 1.807) is 29.9 Å². The van der Waals surface area contributed by atoms with Gasteiger partial charge in [0.1, 0.15) is 5.69 Å². The summed E-state index contributed by atoms with van der Waals surface area (Å²) in [6.07, 6.45) is 2.79. The van der Waals surface area contributed by atoms with Crippen LogP contribution in [0.15, 0.2) is 41.0 Å². The molecule has 0 atom stereocenters. The highest BCUT2D eigenvalue weighted by molar-refractivity contribution is 6.14. The van der Waals surface area contributed by atoms with Crippen LogP contribution in [0.1, 0.15) is 28.0 Å². The highest BCUT2D eigenvalue weighted by Gasteiger charge is 2.29. The number of anilines is 1. The third-order valence-electron chi connectivity index (χ3n) is 5.46. The molecule has 152 valence electrons. The smallest absolute Gasteiger partial charge is 0.259 e. The van der Waals surface area contributed by atoms with E-state index in [0.717, 1.165) is 6.07 Å². The minimum atomic E-state index is -0.970. The zero-order valence-electron chi connectivity index (χ0n) is 16.4. The fraction of sp³-hybridized carbons (Fsp3) is 0.227. The maximum absolute atomic E-state index is 14.0. The van der Waals surface area contributed by atoms with E-state index in [2.05, 4.69) is 10.1 Å². The van der Waals surface area contributed by atoms with Gasteiger partial charge in [-0.05, 0) is 49.6 Å². The predicted molar refractivity (Wildman–Crippen MR) is 107 cm³/mol. The summed E-state index contributed by atoms with van der Waals surface area (Å²) in [5, 5.41) is 5.05. The number of amides is 1. The number of nitrogens with zero attached hydrogens (tertiary/aromatic N) is 4. The Morgan fingerprint density at radius 2 is 2.00 bits per heavy atom. The highest BCUT2D eigenvalue weighted by Crippen LogP contribution is 2.33. The number of hydrogen-bond donors (Lipinski definition) is 0. The molecular formula is C22H18F2N4O2. The number of carbonyl (C=O) groups is 1. The van der Waals surface area contributed by atoms with Crippen LogP contribution in [0.3, 0.4) is 0 Å². The molecule has 4 heterocycles. The first-order valence-corrected chi connectivity index (χ1v) is 9.62. The molecule has 1 amide bonds. The fourth-order valence-electron chi connectivity index (χ4n) is 4.10. The van der Waals surface area contributed by atoms with Crippen LogP contribution < -0.4 is 4.90 Å². The SMILES string of the molecule is Cc1nn(C)c2nc(-c3ccco3)cc(C(=O)N3CCCc4cc(F)c(F)cc43)c12. The van der Waals surface area contributed by atoms with Gasteiger partial charge in [0.2, 0.25) is 0 Å². The minimum Gasteiger partial charge on any atom is -0.463 e. The Balaban J connectivity index is 1.70. The molecule has 0 aliphatic carbocycles. The second kappa shape index (κ2) is 6.76. The lowest BCUT2D eigenvalue weighted by molar-refractivity contribution is 0.0986. The average molecular weight is 408 g/mol. The highest BCUT2D eigenvalue weighted by atomic mass is 19.2. The summed E-state index contributed by atoms with van der Waals surface area (Å²) in [7, 11) is 1.76. The van der Waals surface area contributed by atoms with Gasteiger partial charge in [-0.25, -0.2) is 13.8 Å². The van der Waals surface area contributed by atoms with Crippen LogP contribution in [0.5, 0.6) is 0 Å². The minimum absolute atomic E-state index is 0.307. The summed E-state index contributed by atoms with van der Waals surface area (Å²) in [6.45, 7) is 2.22. The molecule has 0 unspecified atom stereocenters. The summed E-state index contributed by atoms with van der Waals surface area (Å²) in [5.41, 5.74) is 3.13. The number of halogens is 2. The van der Waals surface area contributed by atoms with Gasteiger partial charge >= 0.3 is 0 Å². The number of aromatic nitrogens is 3. The molecule has 30 heavy (non-hydrogen) atoms. The van der Waals surface area contributed by atoms with Gasteiger partial charge in [-0.2, -0.15) is 5.10 Å². The predicted octanol–water partition coefficient (Wildman–Crippen LogP) is 4.41. The summed E-state index contributed by atoms with van der Waals surface area (Å²) in [5.74, 6) is -1.66. The molecule has 0 saturated carbocycles. The molecule has 1 aromatic carbocycles. The van der Waals surface area contributed by atoms with Crippen molar-refractivity contribution >= 4 is 22.6 Å². The van der Waals surface area contributed by atoms with Crippen LogP contribution in [-0.2, 0) is 13.5 Å². The van der Waals surface area contributed by atoms with Gasteiger partial charge in [0.05, 0.1) is 28.6 Å². The molecule has 0 bridgehead atoms. The van der Waals surface area contributed by atoms with E-state index in [9.17, 15) is 13.6 Å². The van der Waals surface area contributed by atoms with Crippen molar-refractivity contribution in [1.82, 2.24) is 14.8 Å². The van der Waals surface area contributed by atoms with Crippen molar-refractivity contribution < 1.29 is 18.0 Å². The number of benzene rings is 1. The van der Waals surface area contributed by atoms with Crippen LogP contribution in [0.2, 0.25) is 0 Å². The first-order chi connectivity index (χ1) is 14.4. The molecule has 0 fully saturated rings. The lowest BCUT2D eigenvalue weighted by atomic mass is 9.99. The van der Waals surface area contributed by atoms with E-state index in [-0.39, 0.29) is 5.91 Å². The molecule has 0 N–H and O–H groups in total. The second-order valence-electron chi connectivity index (χ2n) is 7.40. The van der Waals surface area contributed by atoms with E-state index in [0.29, 0.717) is 64.4 Å². The Morgan fingerprint density at radius 3 is 2.77 bits per heavy atom. The monoisotopic (exact) mass is 408 g/mol. The quantitative estimate of drug-likeness (QED) is 0.493. The van der Waals surface area contributed by atoms with Crippen LogP contribution >= 0.6 is 0 Å². The summed E-state index contributed by atoms with van der Waals surface area (Å²) in [4.78, 5) is 19.8. The number of furan rings is 1. The molecule has 8 heteroatoms. The number of aryl methyl sites for hydroxylation is 3. The first kappa shape index (κ1) is 18.5. The Hall–Kier alpha value is -3.55. The largest absolute Gasteiger partial charge is 0.463 e. The summed E-state index contributed by atoms with van der Waals surface area (Å²) < 4.78 is 34.8. The lowest BCUT2D eigenvalue weighted by Crippen LogP contribution is -2.36. The van der Waals surface area contributed by atoms with E-state index in [1.807, 2.05) is 6.92 Å². The molecule has 0 radical (unpaired) electrons. The normalized spacial score (nSPS) is 13.7. The number of hydrogen-bond acceptors (Lipinski definition) is 4. The summed E-state index contributed by atoms with van der Waals surface area (Å²) >= 11 is 0. The van der Waals surface area contributed by atoms with Crippen molar-refractivity contribution in [2.75, 3.05) is 11.4 Å². The molecule has 4 aromatic rings. The van der Waals surface area contributed by atoms with Gasteiger partial charge in [0.15, 0.2) is 23.0 Å². The Bertz CT molecular complexity index is 1290. The Morgan fingerprint density at radius 1 is 1.20 bits per heavy atom. The van der Waals surface area contributed by atoms with Gasteiger partial charge in [-0.15, -0.1) is 0 Å². The van der Waals surface area contributed by atoms with Gasteiger partial charge in [0.25, 0.3) is 5.91 Å². The van der Waals surface area contributed by atoms with Crippen molar-refractivity contribution in [1.29, 1.82) is 0 Å². The lowest BCUT2D eigenvalue weighted by Gasteiger charge is -2.30. The number of rotatable bonds is 2. The van der Waals surface area contributed by atoms with Gasteiger partial charge in [-0.1, -0.05) is 0 Å². The van der Waals surface area contributed by atoms with Gasteiger partial charge < -0.3 is 9.32 Å². The summed E-state index contributed by atoms with van der Waals surface area (Å²) in [6, 6.07) is 7.46. The molecule has 5 rings (SSSR count). The van der Waals surface area contributed by atoms with Gasteiger partial charge in [-0.3, -0.25) is 9.48 Å². The third-order valence-corrected chi connectivity index (χ3v) is 5.46. The van der Waals surface area contributed by atoms with Crippen molar-refractivity contribution in [3.05, 3.63) is 65.1 Å². The molecule has 1 aliphatic heterocycles. The maximum atomic E-state index is 14.0. The zero-order valence-corrected chi connectivity index (χ0v) is 16.4.